The predicted molar refractivity (Wildman–Crippen MR) is 89.3 cm³/mol. The van der Waals surface area contributed by atoms with Crippen LogP contribution in [0, 0.1) is 6.92 Å². The Morgan fingerprint density at radius 3 is 3.00 bits per heavy atom. The summed E-state index contributed by atoms with van der Waals surface area (Å²) < 4.78 is 5.08. The lowest BCUT2D eigenvalue weighted by molar-refractivity contribution is 0.393. The molecule has 3 aromatic rings. The molecule has 0 bridgehead atoms. The first-order valence-electron chi connectivity index (χ1n) is 7.33. The molecule has 0 aliphatic heterocycles. The van der Waals surface area contributed by atoms with Crippen molar-refractivity contribution >= 4 is 39.1 Å². The van der Waals surface area contributed by atoms with Crippen molar-refractivity contribution in [2.24, 2.45) is 0 Å². The molecule has 0 aromatic carbocycles. The normalized spacial score (nSPS) is 14.4. The zero-order valence-corrected chi connectivity index (χ0v) is 13.9. The molecule has 0 amide bonds. The molecule has 3 heterocycles. The van der Waals surface area contributed by atoms with Gasteiger partial charge in [-0.15, -0.1) is 11.3 Å². The van der Waals surface area contributed by atoms with Crippen LogP contribution >= 0.6 is 23.1 Å². The van der Waals surface area contributed by atoms with Gasteiger partial charge in [0.15, 0.2) is 5.16 Å². The number of aryl methyl sites for hydroxylation is 3. The third-order valence-corrected chi connectivity index (χ3v) is 5.91. The van der Waals surface area contributed by atoms with Crippen molar-refractivity contribution in [1.82, 2.24) is 15.1 Å². The van der Waals surface area contributed by atoms with Crippen LogP contribution in [-0.2, 0) is 18.6 Å². The van der Waals surface area contributed by atoms with Crippen LogP contribution in [0.3, 0.4) is 0 Å². The highest BCUT2D eigenvalue weighted by molar-refractivity contribution is 7.98. The summed E-state index contributed by atoms with van der Waals surface area (Å²) in [6.07, 6.45) is 4.75. The molecule has 1 aliphatic carbocycles. The predicted octanol–water partition coefficient (Wildman–Crippen LogP) is 3.74. The first-order chi connectivity index (χ1) is 10.7. The van der Waals surface area contributed by atoms with Gasteiger partial charge in [-0.3, -0.25) is 0 Å². The molecule has 3 aromatic heterocycles. The molecule has 0 radical (unpaired) electrons. The Balaban J connectivity index is 1.65. The summed E-state index contributed by atoms with van der Waals surface area (Å²) in [7, 11) is 0. The Morgan fingerprint density at radius 2 is 2.18 bits per heavy atom. The lowest BCUT2D eigenvalue weighted by Gasteiger charge is -2.10. The fourth-order valence-corrected chi connectivity index (χ4v) is 4.91. The molecular formula is C15H16N4OS2. The van der Waals surface area contributed by atoms with Crippen LogP contribution in [0.5, 0.6) is 0 Å². The van der Waals surface area contributed by atoms with Gasteiger partial charge in [-0.1, -0.05) is 16.9 Å². The maximum atomic E-state index is 6.21. The van der Waals surface area contributed by atoms with E-state index in [0.29, 0.717) is 16.7 Å². The van der Waals surface area contributed by atoms with E-state index in [-0.39, 0.29) is 0 Å². The topological polar surface area (TPSA) is 77.8 Å². The zero-order valence-electron chi connectivity index (χ0n) is 12.3. The number of hydrogen-bond donors (Lipinski definition) is 1. The Bertz CT molecular complexity index is 840. The molecule has 114 valence electrons. The highest BCUT2D eigenvalue weighted by Gasteiger charge is 2.20. The van der Waals surface area contributed by atoms with Crippen molar-refractivity contribution in [1.29, 1.82) is 0 Å². The lowest BCUT2D eigenvalue weighted by Crippen LogP contribution is -2.01. The fraction of sp³-hybridized carbons (Fsp3) is 0.400. The van der Waals surface area contributed by atoms with Gasteiger partial charge in [0.05, 0.1) is 11.1 Å². The van der Waals surface area contributed by atoms with E-state index in [1.54, 1.807) is 23.1 Å². The van der Waals surface area contributed by atoms with Gasteiger partial charge >= 0.3 is 0 Å². The number of anilines is 1. The second-order valence-corrected chi connectivity index (χ2v) is 7.53. The first-order valence-corrected chi connectivity index (χ1v) is 9.13. The summed E-state index contributed by atoms with van der Waals surface area (Å²) in [5.74, 6) is 2.12. The number of rotatable bonds is 3. The second-order valence-electron chi connectivity index (χ2n) is 5.50. The van der Waals surface area contributed by atoms with E-state index in [9.17, 15) is 0 Å². The average Bonchev–Trinajstić information content (AvgIpc) is 3.08. The van der Waals surface area contributed by atoms with Crippen molar-refractivity contribution < 1.29 is 4.52 Å². The molecule has 5 nitrogen and oxygen atoms in total. The Morgan fingerprint density at radius 1 is 1.32 bits per heavy atom. The standard InChI is InChI=1S/C15H16N4OS2/c1-8-6-9(19-20-8)7-21-15-17-13(16)12-10-4-2-3-5-11(10)22-14(12)18-15/h6H,2-5,7H2,1H3,(H2,16,17,18). The molecule has 2 N–H and O–H groups in total. The quantitative estimate of drug-likeness (QED) is 0.581. The molecular weight excluding hydrogens is 316 g/mol. The maximum absolute atomic E-state index is 6.21. The van der Waals surface area contributed by atoms with Gasteiger partial charge in [-0.05, 0) is 38.2 Å². The summed E-state index contributed by atoms with van der Waals surface area (Å²) in [5.41, 5.74) is 8.49. The minimum Gasteiger partial charge on any atom is -0.383 e. The van der Waals surface area contributed by atoms with Gasteiger partial charge in [0, 0.05) is 16.7 Å². The molecule has 4 rings (SSSR count). The third-order valence-electron chi connectivity index (χ3n) is 3.85. The summed E-state index contributed by atoms with van der Waals surface area (Å²) >= 11 is 3.32. The monoisotopic (exact) mass is 332 g/mol. The number of thioether (sulfide) groups is 1. The van der Waals surface area contributed by atoms with Gasteiger partial charge < -0.3 is 10.3 Å². The van der Waals surface area contributed by atoms with Crippen LogP contribution in [-0.4, -0.2) is 15.1 Å². The van der Waals surface area contributed by atoms with Crippen molar-refractivity contribution in [3.63, 3.8) is 0 Å². The molecule has 0 atom stereocenters. The van der Waals surface area contributed by atoms with Gasteiger partial charge in [0.1, 0.15) is 16.4 Å². The summed E-state index contributed by atoms with van der Waals surface area (Å²) in [6, 6.07) is 1.93. The first kappa shape index (κ1) is 14.0. The number of nitrogens with two attached hydrogens (primary N) is 1. The SMILES string of the molecule is Cc1cc(CSc2nc(N)c3c4c(sc3n2)CCCC4)no1. The van der Waals surface area contributed by atoms with E-state index in [4.69, 9.17) is 15.2 Å². The Labute approximate surface area is 136 Å². The van der Waals surface area contributed by atoms with Crippen LogP contribution in [0.15, 0.2) is 15.7 Å². The summed E-state index contributed by atoms with van der Waals surface area (Å²) in [5, 5.41) is 5.79. The number of fused-ring (bicyclic) bond motifs is 3. The van der Waals surface area contributed by atoms with Crippen LogP contribution in [0.2, 0.25) is 0 Å². The second kappa shape index (κ2) is 5.55. The molecule has 0 saturated heterocycles. The third kappa shape index (κ3) is 2.48. The van der Waals surface area contributed by atoms with Crippen molar-refractivity contribution in [2.45, 2.75) is 43.5 Å². The van der Waals surface area contributed by atoms with E-state index < -0.39 is 0 Å². The minimum absolute atomic E-state index is 0.614. The minimum atomic E-state index is 0.614. The van der Waals surface area contributed by atoms with Gasteiger partial charge in [-0.2, -0.15) is 0 Å². The van der Waals surface area contributed by atoms with Crippen LogP contribution in [0.1, 0.15) is 34.7 Å². The van der Waals surface area contributed by atoms with Gasteiger partial charge in [-0.25, -0.2) is 9.97 Å². The van der Waals surface area contributed by atoms with E-state index in [2.05, 4.69) is 10.1 Å². The van der Waals surface area contributed by atoms with Crippen molar-refractivity contribution in [2.75, 3.05) is 5.73 Å². The number of nitrogen functional groups attached to an aromatic ring is 1. The zero-order chi connectivity index (χ0) is 15.1. The molecule has 7 heteroatoms. The fourth-order valence-electron chi connectivity index (χ4n) is 2.85. The summed E-state index contributed by atoms with van der Waals surface area (Å²) in [6.45, 7) is 1.89. The molecule has 0 saturated carbocycles. The number of aromatic nitrogens is 3. The number of hydrogen-bond acceptors (Lipinski definition) is 7. The van der Waals surface area contributed by atoms with Gasteiger partial charge in [0.25, 0.3) is 0 Å². The van der Waals surface area contributed by atoms with E-state index in [0.717, 1.165) is 34.5 Å². The average molecular weight is 332 g/mol. The lowest BCUT2D eigenvalue weighted by atomic mass is 9.97. The largest absolute Gasteiger partial charge is 0.383 e. The maximum Gasteiger partial charge on any atom is 0.191 e. The van der Waals surface area contributed by atoms with Crippen molar-refractivity contribution in [3.8, 4) is 0 Å². The molecule has 22 heavy (non-hydrogen) atoms. The van der Waals surface area contributed by atoms with Crippen LogP contribution < -0.4 is 5.73 Å². The van der Waals surface area contributed by atoms with Gasteiger partial charge in [0.2, 0.25) is 0 Å². The molecule has 1 aliphatic rings. The smallest absolute Gasteiger partial charge is 0.191 e. The van der Waals surface area contributed by atoms with Crippen LogP contribution in [0.4, 0.5) is 5.82 Å². The Kier molecular flexibility index (Phi) is 3.54. The van der Waals surface area contributed by atoms with Crippen molar-refractivity contribution in [3.05, 3.63) is 28.0 Å². The summed E-state index contributed by atoms with van der Waals surface area (Å²) in [4.78, 5) is 11.6. The Hall–Kier alpha value is -1.60. The highest BCUT2D eigenvalue weighted by Crippen LogP contribution is 2.38. The number of thiophene rings is 1. The molecule has 0 spiro atoms. The number of nitrogens with zero attached hydrogens (tertiary/aromatic N) is 3. The van der Waals surface area contributed by atoms with E-state index in [1.807, 2.05) is 13.0 Å². The molecule has 0 fully saturated rings. The van der Waals surface area contributed by atoms with E-state index >= 15 is 0 Å². The van der Waals surface area contributed by atoms with Crippen LogP contribution in [0.25, 0.3) is 10.2 Å². The highest BCUT2D eigenvalue weighted by atomic mass is 32.2. The molecule has 0 unspecified atom stereocenters. The van der Waals surface area contributed by atoms with E-state index in [1.165, 1.54) is 23.3 Å².